The third-order valence-corrected chi connectivity index (χ3v) is 7.49. The van der Waals surface area contributed by atoms with Crippen molar-refractivity contribution in [1.29, 1.82) is 0 Å². The summed E-state index contributed by atoms with van der Waals surface area (Å²) >= 11 is 0. The zero-order valence-electron chi connectivity index (χ0n) is 23.7. The molecule has 1 fully saturated rings. The van der Waals surface area contributed by atoms with Gasteiger partial charge in [0, 0.05) is 18.5 Å². The number of unbranched alkanes of at least 4 members (excludes halogenated alkanes) is 13. The van der Waals surface area contributed by atoms with Gasteiger partial charge in [0.2, 0.25) is 0 Å². The number of nitrogens with one attached hydrogen (secondary N) is 1. The summed E-state index contributed by atoms with van der Waals surface area (Å²) in [6.45, 7) is 7.06. The van der Waals surface area contributed by atoms with Gasteiger partial charge in [0.05, 0.1) is 37.3 Å². The van der Waals surface area contributed by atoms with Crippen molar-refractivity contribution in [2.45, 2.75) is 129 Å². The Morgan fingerprint density at radius 1 is 0.973 bits per heavy atom. The minimum Gasteiger partial charge on any atom is -0.465 e. The summed E-state index contributed by atoms with van der Waals surface area (Å²) in [7, 11) is 1.31. The number of nitrogens with zero attached hydrogens (tertiary/aromatic N) is 1. The molecule has 0 aliphatic carbocycles. The number of amides is 1. The van der Waals surface area contributed by atoms with Gasteiger partial charge in [-0.05, 0) is 20.3 Å². The molecule has 8 heteroatoms. The number of hydrogen-bond acceptors (Lipinski definition) is 7. The van der Waals surface area contributed by atoms with Crippen LogP contribution >= 0.6 is 0 Å². The van der Waals surface area contributed by atoms with E-state index in [1.54, 1.807) is 6.92 Å². The molecule has 8 nitrogen and oxygen atoms in total. The number of allylic oxidation sites excluding steroid dienone is 1. The van der Waals surface area contributed by atoms with Gasteiger partial charge in [-0.3, -0.25) is 0 Å². The van der Waals surface area contributed by atoms with E-state index in [9.17, 15) is 9.59 Å². The summed E-state index contributed by atoms with van der Waals surface area (Å²) in [5.41, 5.74) is 8.10. The molecule has 1 saturated heterocycles. The lowest BCUT2D eigenvalue weighted by Crippen LogP contribution is -2.48. The molecular formula is C29H51N3O5. The first-order chi connectivity index (χ1) is 17.9. The van der Waals surface area contributed by atoms with Crippen LogP contribution < -0.4 is 11.1 Å². The maximum absolute atomic E-state index is 12.5. The summed E-state index contributed by atoms with van der Waals surface area (Å²) in [6.07, 6.45) is 18.2. The predicted molar refractivity (Wildman–Crippen MR) is 146 cm³/mol. The van der Waals surface area contributed by atoms with Gasteiger partial charge in [-0.1, -0.05) is 90.4 Å². The molecule has 0 aromatic heterocycles. The number of carbonyl (C=O) groups excluding carboxylic acids is 2. The molecule has 3 N–H and O–H groups in total. The van der Waals surface area contributed by atoms with Crippen LogP contribution in [0.3, 0.4) is 0 Å². The molecule has 0 aromatic carbocycles. The molecule has 0 radical (unpaired) electrons. The van der Waals surface area contributed by atoms with Gasteiger partial charge in [0.1, 0.15) is 5.57 Å². The SMILES string of the molecule is CCCCCCCCCCCCCCCCNC(=O)ON1C(C)=C(C(=O)OC)C(N)=C(C2CCO2)C1C. The van der Waals surface area contributed by atoms with Crippen LogP contribution in [-0.4, -0.2) is 49.5 Å². The first kappa shape index (κ1) is 31.0. The topological polar surface area (TPSA) is 103 Å². The zero-order valence-corrected chi connectivity index (χ0v) is 23.7. The van der Waals surface area contributed by atoms with E-state index in [1.165, 1.54) is 89.2 Å². The Hall–Kier alpha value is -2.22. The van der Waals surface area contributed by atoms with Crippen molar-refractivity contribution in [3.05, 3.63) is 22.5 Å². The van der Waals surface area contributed by atoms with Gasteiger partial charge in [-0.25, -0.2) is 14.7 Å². The minimum absolute atomic E-state index is 0.188. The quantitative estimate of drug-likeness (QED) is 0.162. The Labute approximate surface area is 224 Å². The van der Waals surface area contributed by atoms with Gasteiger partial charge in [-0.2, -0.15) is 0 Å². The average molecular weight is 522 g/mol. The molecule has 2 heterocycles. The zero-order chi connectivity index (χ0) is 27.0. The molecule has 2 aliphatic heterocycles. The van der Waals surface area contributed by atoms with Crippen molar-refractivity contribution in [3.63, 3.8) is 0 Å². The standard InChI is InChI=1S/C29H51N3O5/c1-5-6-7-8-9-10-11-12-13-14-15-16-17-18-20-31-29(34)37-32-22(2)25(24-19-21-36-24)27(30)26(23(32)3)28(33)35-4/h22,24H,5-21,30H2,1-4H3,(H,31,34). The van der Waals surface area contributed by atoms with Crippen molar-refractivity contribution in [1.82, 2.24) is 10.4 Å². The van der Waals surface area contributed by atoms with E-state index in [-0.39, 0.29) is 17.7 Å². The second-order valence-electron chi connectivity index (χ2n) is 10.4. The number of hydrogen-bond donors (Lipinski definition) is 2. The molecule has 2 aliphatic rings. The van der Waals surface area contributed by atoms with E-state index < -0.39 is 12.1 Å². The average Bonchev–Trinajstić information content (AvgIpc) is 2.85. The Morgan fingerprint density at radius 2 is 1.49 bits per heavy atom. The highest BCUT2D eigenvalue weighted by molar-refractivity contribution is 5.94. The van der Waals surface area contributed by atoms with E-state index in [2.05, 4.69) is 12.2 Å². The van der Waals surface area contributed by atoms with Crippen molar-refractivity contribution >= 4 is 12.1 Å². The lowest BCUT2D eigenvalue weighted by atomic mass is 9.88. The number of esters is 1. The highest BCUT2D eigenvalue weighted by Crippen LogP contribution is 2.36. The van der Waals surface area contributed by atoms with E-state index in [1.807, 2.05) is 6.92 Å². The number of methoxy groups -OCH3 is 1. The number of rotatable bonds is 18. The van der Waals surface area contributed by atoms with Gasteiger partial charge in [0.25, 0.3) is 0 Å². The van der Waals surface area contributed by atoms with Gasteiger partial charge in [-0.15, -0.1) is 0 Å². The van der Waals surface area contributed by atoms with Crippen LogP contribution in [0.1, 0.15) is 117 Å². The summed E-state index contributed by atoms with van der Waals surface area (Å²) in [4.78, 5) is 30.6. The van der Waals surface area contributed by atoms with Gasteiger partial charge >= 0.3 is 12.1 Å². The molecule has 2 unspecified atom stereocenters. The Kier molecular flexibility index (Phi) is 14.5. The summed E-state index contributed by atoms with van der Waals surface area (Å²) in [6, 6.07) is -0.342. The molecule has 212 valence electrons. The van der Waals surface area contributed by atoms with Crippen molar-refractivity contribution in [2.24, 2.45) is 5.73 Å². The van der Waals surface area contributed by atoms with E-state index in [0.29, 0.717) is 24.5 Å². The normalized spacial score (nSPS) is 19.6. The maximum Gasteiger partial charge on any atom is 0.431 e. The van der Waals surface area contributed by atoms with Gasteiger partial charge < -0.3 is 25.4 Å². The first-order valence-corrected chi connectivity index (χ1v) is 14.6. The fraction of sp³-hybridized carbons (Fsp3) is 0.793. The lowest BCUT2D eigenvalue weighted by molar-refractivity contribution is -0.138. The molecule has 2 atom stereocenters. The molecule has 0 aromatic rings. The highest BCUT2D eigenvalue weighted by Gasteiger charge is 2.40. The Morgan fingerprint density at radius 3 is 1.95 bits per heavy atom. The molecule has 0 saturated carbocycles. The Bertz CT molecular complexity index is 776. The van der Waals surface area contributed by atoms with E-state index in [4.69, 9.17) is 20.0 Å². The molecule has 1 amide bonds. The fourth-order valence-electron chi connectivity index (χ4n) is 5.15. The van der Waals surface area contributed by atoms with Crippen LogP contribution in [0.25, 0.3) is 0 Å². The minimum atomic E-state index is -0.560. The van der Waals surface area contributed by atoms with Crippen LogP contribution in [0.5, 0.6) is 0 Å². The monoisotopic (exact) mass is 521 g/mol. The second kappa shape index (κ2) is 17.3. The van der Waals surface area contributed by atoms with E-state index in [0.717, 1.165) is 24.8 Å². The number of carbonyl (C=O) groups is 2. The molecule has 0 spiro atoms. The first-order valence-electron chi connectivity index (χ1n) is 14.6. The number of ether oxygens (including phenoxy) is 2. The van der Waals surface area contributed by atoms with Crippen LogP contribution in [-0.2, 0) is 19.1 Å². The largest absolute Gasteiger partial charge is 0.465 e. The molecular weight excluding hydrogens is 470 g/mol. The third kappa shape index (κ3) is 9.87. The fourth-order valence-corrected chi connectivity index (χ4v) is 5.15. The summed E-state index contributed by atoms with van der Waals surface area (Å²) < 4.78 is 10.6. The maximum atomic E-state index is 12.5. The summed E-state index contributed by atoms with van der Waals surface area (Å²) in [5, 5.41) is 4.28. The van der Waals surface area contributed by atoms with Crippen LogP contribution in [0.4, 0.5) is 4.79 Å². The van der Waals surface area contributed by atoms with E-state index >= 15 is 0 Å². The molecule has 37 heavy (non-hydrogen) atoms. The lowest BCUT2D eigenvalue weighted by Gasteiger charge is -2.41. The smallest absolute Gasteiger partial charge is 0.431 e. The number of hydroxylamine groups is 2. The van der Waals surface area contributed by atoms with Crippen molar-refractivity contribution in [3.8, 4) is 0 Å². The summed E-state index contributed by atoms with van der Waals surface area (Å²) in [5.74, 6) is -0.560. The van der Waals surface area contributed by atoms with Crippen LogP contribution in [0.2, 0.25) is 0 Å². The highest BCUT2D eigenvalue weighted by atomic mass is 16.7. The van der Waals surface area contributed by atoms with Gasteiger partial charge in [0.15, 0.2) is 0 Å². The van der Waals surface area contributed by atoms with Crippen molar-refractivity contribution < 1.29 is 23.9 Å². The Balaban J connectivity index is 1.63. The number of nitrogens with two attached hydrogens (primary N) is 1. The molecule has 0 bridgehead atoms. The van der Waals surface area contributed by atoms with Crippen LogP contribution in [0, 0.1) is 0 Å². The van der Waals surface area contributed by atoms with Crippen molar-refractivity contribution in [2.75, 3.05) is 20.3 Å². The molecule has 2 rings (SSSR count). The predicted octanol–water partition coefficient (Wildman–Crippen LogP) is 6.26. The third-order valence-electron chi connectivity index (χ3n) is 7.49. The second-order valence-corrected chi connectivity index (χ2v) is 10.4. The van der Waals surface area contributed by atoms with Crippen LogP contribution in [0.15, 0.2) is 22.5 Å².